The van der Waals surface area contributed by atoms with Crippen LogP contribution in [0.1, 0.15) is 52.9 Å². The van der Waals surface area contributed by atoms with E-state index in [2.05, 4.69) is 10.3 Å². The van der Waals surface area contributed by atoms with Crippen LogP contribution in [0.2, 0.25) is 0 Å². The van der Waals surface area contributed by atoms with E-state index in [1.165, 1.54) is 23.9 Å². The van der Waals surface area contributed by atoms with Crippen LogP contribution in [0.3, 0.4) is 0 Å². The summed E-state index contributed by atoms with van der Waals surface area (Å²) in [5, 5.41) is 2.55. The van der Waals surface area contributed by atoms with Crippen molar-refractivity contribution in [3.63, 3.8) is 0 Å². The number of rotatable bonds is 8. The van der Waals surface area contributed by atoms with Crippen molar-refractivity contribution in [3.05, 3.63) is 71.0 Å². The van der Waals surface area contributed by atoms with Crippen LogP contribution in [0.25, 0.3) is 0 Å². The summed E-state index contributed by atoms with van der Waals surface area (Å²) in [6, 6.07) is 7.65. The summed E-state index contributed by atoms with van der Waals surface area (Å²) in [7, 11) is 1.93. The average molecular weight is 590 g/mol. The maximum Gasteiger partial charge on any atom is 0.416 e. The highest BCUT2D eigenvalue weighted by Crippen LogP contribution is 2.46. The molecule has 1 saturated carbocycles. The first-order valence-electron chi connectivity index (χ1n) is 11.3. The highest BCUT2D eigenvalue weighted by Gasteiger charge is 2.33. The summed E-state index contributed by atoms with van der Waals surface area (Å²) in [6.45, 7) is 1.92. The summed E-state index contributed by atoms with van der Waals surface area (Å²) in [5.74, 6) is 0.423. The van der Waals surface area contributed by atoms with Crippen LogP contribution in [0.5, 0.6) is 0 Å². The lowest BCUT2D eigenvalue weighted by atomic mass is 10.1. The number of benzene rings is 2. The highest BCUT2D eigenvalue weighted by molar-refractivity contribution is 8.76. The van der Waals surface area contributed by atoms with E-state index in [4.69, 9.17) is 5.73 Å². The maximum atomic E-state index is 13.4. The molecule has 0 radical (unpaired) electrons. The molecule has 1 aliphatic carbocycles. The van der Waals surface area contributed by atoms with E-state index < -0.39 is 29.4 Å². The molecule has 38 heavy (non-hydrogen) atoms. The van der Waals surface area contributed by atoms with Gasteiger partial charge in [0, 0.05) is 26.6 Å². The minimum absolute atomic E-state index is 0.103. The van der Waals surface area contributed by atoms with Crippen LogP contribution >= 0.6 is 33.3 Å². The van der Waals surface area contributed by atoms with Crippen LogP contribution in [-0.2, 0) is 12.4 Å². The zero-order valence-electron chi connectivity index (χ0n) is 19.7. The lowest BCUT2D eigenvalue weighted by Crippen LogP contribution is -2.16. The minimum Gasteiger partial charge on any atom is -0.398 e. The van der Waals surface area contributed by atoms with Crippen LogP contribution in [0, 0.1) is 0 Å². The Balaban J connectivity index is 1.61. The number of anilines is 2. The molecule has 0 aliphatic heterocycles. The van der Waals surface area contributed by atoms with Gasteiger partial charge in [0.2, 0.25) is 0 Å². The monoisotopic (exact) mass is 589 g/mol. The van der Waals surface area contributed by atoms with E-state index in [1.807, 2.05) is 13.0 Å². The van der Waals surface area contributed by atoms with Gasteiger partial charge in [-0.3, -0.25) is 4.79 Å². The zero-order chi connectivity index (χ0) is 27.7. The van der Waals surface area contributed by atoms with Gasteiger partial charge in [0.15, 0.2) is 0 Å². The number of alkyl halides is 6. The van der Waals surface area contributed by atoms with Gasteiger partial charge >= 0.3 is 12.4 Å². The predicted molar refractivity (Wildman–Crippen MR) is 140 cm³/mol. The third-order valence-electron chi connectivity index (χ3n) is 5.55. The lowest BCUT2D eigenvalue weighted by molar-refractivity contribution is -0.138. The Morgan fingerprint density at radius 3 is 2.13 bits per heavy atom. The molecular formula is C25H21F6N3OS3. The Bertz CT molecular complexity index is 1340. The van der Waals surface area contributed by atoms with Crippen molar-refractivity contribution in [2.45, 2.75) is 52.7 Å². The van der Waals surface area contributed by atoms with E-state index in [9.17, 15) is 31.1 Å². The van der Waals surface area contributed by atoms with E-state index >= 15 is 0 Å². The number of pyridine rings is 1. The molecule has 4 nitrogen and oxygen atoms in total. The molecule has 13 heteroatoms. The van der Waals surface area contributed by atoms with Gasteiger partial charge in [-0.2, -0.15) is 26.3 Å². The number of nitrogens with two attached hydrogens (primary N) is 1. The molecule has 2 aromatic carbocycles. The molecule has 0 atom stereocenters. The second-order valence-electron chi connectivity index (χ2n) is 8.40. The summed E-state index contributed by atoms with van der Waals surface area (Å²) < 4.78 is 79.1. The van der Waals surface area contributed by atoms with E-state index in [0.29, 0.717) is 21.5 Å². The Hall–Kier alpha value is -2.51. The van der Waals surface area contributed by atoms with Gasteiger partial charge in [0.25, 0.3) is 5.91 Å². The second kappa shape index (κ2) is 11.3. The number of nitrogen functional groups attached to an aromatic ring is 1. The standard InChI is InChI=1S/C25H21F6N3OS3/c1-2-36-21-9-14(13-3-4-13)12-33-22(21)23(35)34-18-11-16(25(29,30)31)6-8-20(18)38-37-19-7-5-15(10-17(19)32)24(26,27)28/h5-13H,2-4,32H2,1H3,(H,34,35). The second-order valence-corrected chi connectivity index (χ2v) is 11.9. The summed E-state index contributed by atoms with van der Waals surface area (Å²) in [5.41, 5.74) is 4.81. The molecule has 1 amide bonds. The third kappa shape index (κ3) is 6.92. The Morgan fingerprint density at radius 1 is 0.947 bits per heavy atom. The first-order chi connectivity index (χ1) is 17.9. The molecule has 1 aromatic heterocycles. The fourth-order valence-corrected chi connectivity index (χ4v) is 6.51. The highest BCUT2D eigenvalue weighted by atomic mass is 33.1. The van der Waals surface area contributed by atoms with E-state index in [0.717, 1.165) is 64.3 Å². The Morgan fingerprint density at radius 2 is 1.55 bits per heavy atom. The average Bonchev–Trinajstić information content (AvgIpc) is 3.68. The third-order valence-corrected chi connectivity index (χ3v) is 8.96. The van der Waals surface area contributed by atoms with Gasteiger partial charge in [-0.1, -0.05) is 28.5 Å². The van der Waals surface area contributed by atoms with Crippen molar-refractivity contribution in [1.29, 1.82) is 0 Å². The van der Waals surface area contributed by atoms with Crippen molar-refractivity contribution < 1.29 is 31.1 Å². The lowest BCUT2D eigenvalue weighted by Gasteiger charge is -2.16. The summed E-state index contributed by atoms with van der Waals surface area (Å²) in [6.07, 6.45) is -5.49. The molecular weight excluding hydrogens is 568 g/mol. The quantitative estimate of drug-likeness (QED) is 0.119. The van der Waals surface area contributed by atoms with Gasteiger partial charge in [-0.05, 0) is 72.5 Å². The Labute approximate surface area is 226 Å². The van der Waals surface area contributed by atoms with Crippen molar-refractivity contribution in [3.8, 4) is 0 Å². The van der Waals surface area contributed by atoms with Gasteiger partial charge in [0.1, 0.15) is 5.69 Å². The van der Waals surface area contributed by atoms with Crippen molar-refractivity contribution in [2.75, 3.05) is 16.8 Å². The molecule has 0 bridgehead atoms. The SMILES string of the molecule is CCSc1cc(C2CC2)cnc1C(=O)Nc1cc(C(F)(F)F)ccc1SSc1ccc(C(F)(F)F)cc1N. The smallest absolute Gasteiger partial charge is 0.398 e. The minimum atomic E-state index is -4.65. The van der Waals surface area contributed by atoms with Gasteiger partial charge in [-0.25, -0.2) is 4.98 Å². The fraction of sp³-hybridized carbons (Fsp3) is 0.280. The normalized spacial score (nSPS) is 14.0. The fourth-order valence-electron chi connectivity index (χ4n) is 3.48. The van der Waals surface area contributed by atoms with Crippen LogP contribution in [0.15, 0.2) is 63.3 Å². The molecule has 1 heterocycles. The van der Waals surface area contributed by atoms with E-state index in [-0.39, 0.29) is 22.0 Å². The number of carbonyl (C=O) groups excluding carboxylic acids is 1. The topological polar surface area (TPSA) is 68.0 Å². The molecule has 3 N–H and O–H groups in total. The van der Waals surface area contributed by atoms with Crippen LogP contribution in [0.4, 0.5) is 37.7 Å². The number of hydrogen-bond donors (Lipinski definition) is 2. The van der Waals surface area contributed by atoms with Crippen LogP contribution in [-0.4, -0.2) is 16.6 Å². The van der Waals surface area contributed by atoms with Gasteiger partial charge in [-0.15, -0.1) is 11.8 Å². The number of nitrogens with zero attached hydrogens (tertiary/aromatic N) is 1. The molecule has 202 valence electrons. The molecule has 0 unspecified atom stereocenters. The number of thioether (sulfide) groups is 1. The van der Waals surface area contributed by atoms with E-state index in [1.54, 1.807) is 6.20 Å². The van der Waals surface area contributed by atoms with Crippen molar-refractivity contribution in [1.82, 2.24) is 4.98 Å². The predicted octanol–water partition coefficient (Wildman–Crippen LogP) is 8.74. The van der Waals surface area contributed by atoms with Gasteiger partial charge in [0.05, 0.1) is 16.8 Å². The van der Waals surface area contributed by atoms with Gasteiger partial charge < -0.3 is 11.1 Å². The van der Waals surface area contributed by atoms with Crippen molar-refractivity contribution >= 4 is 50.6 Å². The number of halogens is 6. The van der Waals surface area contributed by atoms with Crippen molar-refractivity contribution in [2.24, 2.45) is 0 Å². The number of hydrogen-bond acceptors (Lipinski definition) is 6. The number of amides is 1. The molecule has 3 aromatic rings. The Kier molecular flexibility index (Phi) is 8.48. The molecule has 4 rings (SSSR count). The number of nitrogens with one attached hydrogen (secondary N) is 1. The molecule has 1 aliphatic rings. The number of carbonyl (C=O) groups is 1. The largest absolute Gasteiger partial charge is 0.416 e. The molecule has 0 spiro atoms. The first-order valence-corrected chi connectivity index (χ1v) is 14.5. The summed E-state index contributed by atoms with van der Waals surface area (Å²) in [4.78, 5) is 18.7. The molecule has 1 fully saturated rings. The molecule has 0 saturated heterocycles. The summed E-state index contributed by atoms with van der Waals surface area (Å²) >= 11 is 1.42. The maximum absolute atomic E-state index is 13.4. The first kappa shape index (κ1) is 28.5. The van der Waals surface area contributed by atoms with Crippen LogP contribution < -0.4 is 11.1 Å². The number of aromatic nitrogens is 1. The zero-order valence-corrected chi connectivity index (χ0v) is 22.2.